The fourth-order valence-corrected chi connectivity index (χ4v) is 5.72. The molecule has 1 N–H and O–H groups in total. The number of halogens is 4. The molecule has 0 unspecified atom stereocenters. The van der Waals surface area contributed by atoms with Crippen LogP contribution in [0.2, 0.25) is 20.1 Å². The average molecular weight is 514 g/mol. The zero-order chi connectivity index (χ0) is 21.3. The number of aliphatic imine (C=N–C) groups is 1. The summed E-state index contributed by atoms with van der Waals surface area (Å²) in [5.74, 6) is 0.626. The number of hydrogen-bond acceptors (Lipinski definition) is 5. The maximum atomic E-state index is 10.1. The molecule has 0 bridgehead atoms. The van der Waals surface area contributed by atoms with Crippen molar-refractivity contribution >= 4 is 91.6 Å². The first-order valence-electron chi connectivity index (χ1n) is 8.58. The van der Waals surface area contributed by atoms with E-state index < -0.39 is 0 Å². The van der Waals surface area contributed by atoms with Crippen LogP contribution >= 0.6 is 69.5 Å². The molecular formula is C21H12Cl4N2OS2. The van der Waals surface area contributed by atoms with Gasteiger partial charge < -0.3 is 5.11 Å². The van der Waals surface area contributed by atoms with Crippen LogP contribution in [0.3, 0.4) is 0 Å². The smallest absolute Gasteiger partial charge is 0.151 e. The minimum atomic E-state index is -0.0537. The topological polar surface area (TPSA) is 45.5 Å². The van der Waals surface area contributed by atoms with Crippen LogP contribution in [0.4, 0.5) is 5.69 Å². The molecule has 0 aliphatic heterocycles. The van der Waals surface area contributed by atoms with Crippen LogP contribution in [0.15, 0.2) is 57.9 Å². The SMILES string of the molecule is Oc1c(Cl)cc(Cl)cc1C=Nc1ccc2nc(SCc3cc(Cl)ccc3Cl)sc2c1. The standard InChI is InChI=1S/C21H12Cl4N2OS2/c22-13-1-3-16(24)12(6-13)10-29-21-27-18-4-2-15(8-19(18)30-21)26-9-11-5-14(23)7-17(25)20(11)28/h1-9,28H,10H2. The number of thiazole rings is 1. The Bertz CT molecular complexity index is 1270. The first-order chi connectivity index (χ1) is 14.4. The van der Waals surface area contributed by atoms with E-state index in [9.17, 15) is 5.11 Å². The number of aromatic nitrogens is 1. The summed E-state index contributed by atoms with van der Waals surface area (Å²) in [5.41, 5.74) is 3.05. The van der Waals surface area contributed by atoms with Crippen LogP contribution in [0.25, 0.3) is 10.2 Å². The molecule has 152 valence electrons. The van der Waals surface area contributed by atoms with E-state index in [1.165, 1.54) is 12.3 Å². The molecule has 1 aromatic heterocycles. The molecule has 0 fully saturated rings. The molecule has 4 aromatic rings. The van der Waals surface area contributed by atoms with Gasteiger partial charge in [0.1, 0.15) is 5.75 Å². The summed E-state index contributed by atoms with van der Waals surface area (Å²) in [7, 11) is 0. The Hall–Kier alpha value is -1.47. The lowest BCUT2D eigenvalue weighted by atomic mass is 10.2. The first kappa shape index (κ1) is 21.8. The van der Waals surface area contributed by atoms with E-state index in [1.54, 1.807) is 41.3 Å². The lowest BCUT2D eigenvalue weighted by Gasteiger charge is -2.02. The number of aromatic hydroxyl groups is 1. The fraction of sp³-hybridized carbons (Fsp3) is 0.0476. The Labute approximate surface area is 201 Å². The Morgan fingerprint density at radius 2 is 1.80 bits per heavy atom. The number of nitrogens with zero attached hydrogens (tertiary/aromatic N) is 2. The number of thioether (sulfide) groups is 1. The fourth-order valence-electron chi connectivity index (χ4n) is 2.66. The highest BCUT2D eigenvalue weighted by atomic mass is 35.5. The molecule has 3 aromatic carbocycles. The van der Waals surface area contributed by atoms with Crippen molar-refractivity contribution < 1.29 is 5.11 Å². The number of benzene rings is 3. The third-order valence-corrected chi connectivity index (χ3v) is 7.44. The number of fused-ring (bicyclic) bond motifs is 1. The molecule has 0 saturated carbocycles. The Morgan fingerprint density at radius 3 is 2.63 bits per heavy atom. The highest BCUT2D eigenvalue weighted by molar-refractivity contribution is 8.00. The lowest BCUT2D eigenvalue weighted by molar-refractivity contribution is 0.475. The van der Waals surface area contributed by atoms with E-state index in [2.05, 4.69) is 9.98 Å². The lowest BCUT2D eigenvalue weighted by Crippen LogP contribution is -1.84. The van der Waals surface area contributed by atoms with Crippen LogP contribution in [0.1, 0.15) is 11.1 Å². The van der Waals surface area contributed by atoms with E-state index in [0.717, 1.165) is 25.8 Å². The van der Waals surface area contributed by atoms with Crippen molar-refractivity contribution in [2.45, 2.75) is 10.1 Å². The summed E-state index contributed by atoms with van der Waals surface area (Å²) in [5, 5.41) is 12.0. The van der Waals surface area contributed by atoms with Gasteiger partial charge >= 0.3 is 0 Å². The zero-order valence-corrected chi connectivity index (χ0v) is 19.7. The second-order valence-corrected chi connectivity index (χ2v) is 10.2. The van der Waals surface area contributed by atoms with Crippen molar-refractivity contribution in [3.8, 4) is 5.75 Å². The van der Waals surface area contributed by atoms with Crippen molar-refractivity contribution in [3.63, 3.8) is 0 Å². The van der Waals surface area contributed by atoms with Gasteiger partial charge in [0.25, 0.3) is 0 Å². The molecule has 4 rings (SSSR count). The Balaban J connectivity index is 1.53. The van der Waals surface area contributed by atoms with Gasteiger partial charge in [-0.05, 0) is 54.1 Å². The molecule has 0 saturated heterocycles. The third-order valence-electron chi connectivity index (χ3n) is 4.12. The molecule has 9 heteroatoms. The number of hydrogen-bond donors (Lipinski definition) is 1. The Kier molecular flexibility index (Phi) is 6.78. The van der Waals surface area contributed by atoms with Crippen molar-refractivity contribution in [2.75, 3.05) is 0 Å². The van der Waals surface area contributed by atoms with Gasteiger partial charge in [0.15, 0.2) is 4.34 Å². The van der Waals surface area contributed by atoms with Crippen LogP contribution in [0, 0.1) is 0 Å². The molecule has 30 heavy (non-hydrogen) atoms. The van der Waals surface area contributed by atoms with Crippen LogP contribution in [0.5, 0.6) is 5.75 Å². The molecule has 0 aliphatic rings. The normalized spacial score (nSPS) is 11.6. The van der Waals surface area contributed by atoms with E-state index in [0.29, 0.717) is 26.4 Å². The summed E-state index contributed by atoms with van der Waals surface area (Å²) in [6, 6.07) is 14.3. The van der Waals surface area contributed by atoms with Crippen molar-refractivity contribution in [3.05, 3.63) is 79.7 Å². The largest absolute Gasteiger partial charge is 0.506 e. The van der Waals surface area contributed by atoms with Gasteiger partial charge in [0, 0.05) is 32.6 Å². The summed E-state index contributed by atoms with van der Waals surface area (Å²) in [6.45, 7) is 0. The van der Waals surface area contributed by atoms with Gasteiger partial charge in [0.2, 0.25) is 0 Å². The molecule has 0 aliphatic carbocycles. The highest BCUT2D eigenvalue weighted by Gasteiger charge is 2.09. The Morgan fingerprint density at radius 1 is 0.967 bits per heavy atom. The average Bonchev–Trinajstić information content (AvgIpc) is 3.12. The van der Waals surface area contributed by atoms with Crippen molar-refractivity contribution in [1.29, 1.82) is 0 Å². The van der Waals surface area contributed by atoms with E-state index >= 15 is 0 Å². The minimum Gasteiger partial charge on any atom is -0.506 e. The van der Waals surface area contributed by atoms with E-state index in [-0.39, 0.29) is 10.8 Å². The van der Waals surface area contributed by atoms with Crippen LogP contribution in [-0.4, -0.2) is 16.3 Å². The summed E-state index contributed by atoms with van der Waals surface area (Å²) >= 11 is 27.4. The third kappa shape index (κ3) is 5.05. The monoisotopic (exact) mass is 512 g/mol. The summed E-state index contributed by atoms with van der Waals surface area (Å²) in [6.07, 6.45) is 1.53. The number of phenolic OH excluding ortho intramolecular Hbond substituents is 1. The summed E-state index contributed by atoms with van der Waals surface area (Å²) < 4.78 is 1.94. The predicted molar refractivity (Wildman–Crippen MR) is 131 cm³/mol. The second kappa shape index (κ2) is 9.35. The van der Waals surface area contributed by atoms with E-state index in [4.69, 9.17) is 46.4 Å². The molecule has 1 heterocycles. The quantitative estimate of drug-likeness (QED) is 0.214. The summed E-state index contributed by atoms with van der Waals surface area (Å²) in [4.78, 5) is 9.09. The molecule has 0 radical (unpaired) electrons. The first-order valence-corrected chi connectivity index (χ1v) is 11.9. The van der Waals surface area contributed by atoms with Gasteiger partial charge in [-0.15, -0.1) is 11.3 Å². The number of phenols is 1. The maximum Gasteiger partial charge on any atom is 0.151 e. The van der Waals surface area contributed by atoms with Gasteiger partial charge in [-0.3, -0.25) is 4.99 Å². The predicted octanol–water partition coefficient (Wildman–Crippen LogP) is 8.66. The maximum absolute atomic E-state index is 10.1. The zero-order valence-electron chi connectivity index (χ0n) is 15.1. The molecule has 0 atom stereocenters. The molecule has 3 nitrogen and oxygen atoms in total. The molecule has 0 amide bonds. The molecular weight excluding hydrogens is 502 g/mol. The van der Waals surface area contributed by atoms with Crippen molar-refractivity contribution in [2.24, 2.45) is 4.99 Å². The van der Waals surface area contributed by atoms with Crippen molar-refractivity contribution in [1.82, 2.24) is 4.98 Å². The van der Waals surface area contributed by atoms with Crippen LogP contribution in [-0.2, 0) is 5.75 Å². The molecule has 0 spiro atoms. The van der Waals surface area contributed by atoms with Gasteiger partial charge in [-0.1, -0.05) is 58.2 Å². The van der Waals surface area contributed by atoms with Gasteiger partial charge in [0.05, 0.1) is 20.9 Å². The minimum absolute atomic E-state index is 0.0537. The van der Waals surface area contributed by atoms with Crippen LogP contribution < -0.4 is 0 Å². The number of rotatable bonds is 5. The highest BCUT2D eigenvalue weighted by Crippen LogP contribution is 2.35. The van der Waals surface area contributed by atoms with E-state index in [1.807, 2.05) is 24.3 Å². The second-order valence-electron chi connectivity index (χ2n) is 6.24. The van der Waals surface area contributed by atoms with Gasteiger partial charge in [-0.2, -0.15) is 0 Å². The van der Waals surface area contributed by atoms with Gasteiger partial charge in [-0.25, -0.2) is 4.98 Å².